The first-order chi connectivity index (χ1) is 17.0. The minimum absolute atomic E-state index is 0.185. The van der Waals surface area contributed by atoms with Crippen molar-refractivity contribution in [3.8, 4) is 5.75 Å². The molecule has 7 heteroatoms. The summed E-state index contributed by atoms with van der Waals surface area (Å²) < 4.78 is 11.3. The van der Waals surface area contributed by atoms with E-state index in [4.69, 9.17) is 21.1 Å². The van der Waals surface area contributed by atoms with Gasteiger partial charge in [0.05, 0.1) is 7.11 Å². The number of carbonyl (C=O) groups excluding carboxylic acids is 2. The molecule has 2 N–H and O–H groups in total. The Morgan fingerprint density at radius 2 is 1.34 bits per heavy atom. The molecule has 0 atom stereocenters. The molecule has 176 valence electrons. The highest BCUT2D eigenvalue weighted by molar-refractivity contribution is 6.30. The summed E-state index contributed by atoms with van der Waals surface area (Å²) in [4.78, 5) is 25.1. The van der Waals surface area contributed by atoms with Gasteiger partial charge >= 0.3 is 12.0 Å². The van der Waals surface area contributed by atoms with Crippen LogP contribution in [0.2, 0.25) is 5.02 Å². The minimum atomic E-state index is -0.584. The van der Waals surface area contributed by atoms with Crippen LogP contribution in [0.5, 0.6) is 5.75 Å². The van der Waals surface area contributed by atoms with Crippen LogP contribution in [0.15, 0.2) is 103 Å². The Morgan fingerprint density at radius 1 is 0.743 bits per heavy atom. The van der Waals surface area contributed by atoms with Crippen LogP contribution < -0.4 is 15.4 Å². The highest BCUT2D eigenvalue weighted by Gasteiger charge is 2.21. The number of amides is 2. The molecule has 0 spiro atoms. The van der Waals surface area contributed by atoms with Crippen molar-refractivity contribution in [2.75, 3.05) is 17.7 Å². The number of esters is 1. The van der Waals surface area contributed by atoms with Crippen molar-refractivity contribution in [2.24, 2.45) is 0 Å². The maximum atomic E-state index is 12.6. The Morgan fingerprint density at radius 3 is 1.91 bits per heavy atom. The number of methoxy groups -OCH3 is 1. The summed E-state index contributed by atoms with van der Waals surface area (Å²) in [6, 6.07) is 30.6. The first-order valence-corrected chi connectivity index (χ1v) is 11.2. The van der Waals surface area contributed by atoms with Gasteiger partial charge in [-0.1, -0.05) is 78.3 Å². The van der Waals surface area contributed by atoms with Crippen LogP contribution in [0.1, 0.15) is 27.6 Å². The Hall–Kier alpha value is -4.29. The molecule has 0 fully saturated rings. The molecule has 35 heavy (non-hydrogen) atoms. The van der Waals surface area contributed by atoms with E-state index in [9.17, 15) is 9.59 Å². The molecular weight excluding hydrogens is 464 g/mol. The largest absolute Gasteiger partial charge is 0.480 e. The van der Waals surface area contributed by atoms with Gasteiger partial charge in [-0.15, -0.1) is 0 Å². The van der Waals surface area contributed by atoms with E-state index < -0.39 is 18.1 Å². The number of anilines is 2. The predicted octanol–water partition coefficient (Wildman–Crippen LogP) is 6.94. The van der Waals surface area contributed by atoms with Crippen molar-refractivity contribution in [3.05, 3.63) is 125 Å². The number of ether oxygens (including phenoxy) is 2. The lowest BCUT2D eigenvalue weighted by molar-refractivity contribution is 0.0594. The van der Waals surface area contributed by atoms with Crippen molar-refractivity contribution >= 4 is 35.0 Å². The standard InChI is InChI=1S/C28H23ClN2O4/c1-34-27(32)24-18-23(31-28(33)30-22-14-8-13-21(29)17-22)15-16-25(24)35-26(19-9-4-2-5-10-19)20-11-6-3-7-12-20/h2-18,26H,1H3,(H2,30,31,33). The van der Waals surface area contributed by atoms with Crippen molar-refractivity contribution in [2.45, 2.75) is 6.10 Å². The van der Waals surface area contributed by atoms with Crippen molar-refractivity contribution < 1.29 is 19.1 Å². The van der Waals surface area contributed by atoms with Crippen LogP contribution in [0, 0.1) is 0 Å². The van der Waals surface area contributed by atoms with Crippen molar-refractivity contribution in [3.63, 3.8) is 0 Å². The lowest BCUT2D eigenvalue weighted by Gasteiger charge is -2.22. The van der Waals surface area contributed by atoms with Gasteiger partial charge in [0.15, 0.2) is 0 Å². The molecule has 0 saturated heterocycles. The van der Waals surface area contributed by atoms with Gasteiger partial charge in [-0.3, -0.25) is 0 Å². The molecule has 0 aliphatic heterocycles. The molecule has 6 nitrogen and oxygen atoms in total. The molecular formula is C28H23ClN2O4. The zero-order chi connectivity index (χ0) is 24.6. The summed E-state index contributed by atoms with van der Waals surface area (Å²) in [5, 5.41) is 5.92. The first kappa shape index (κ1) is 23.9. The highest BCUT2D eigenvalue weighted by atomic mass is 35.5. The van der Waals surface area contributed by atoms with Gasteiger partial charge in [-0.25, -0.2) is 9.59 Å². The van der Waals surface area contributed by atoms with Crippen molar-refractivity contribution in [1.29, 1.82) is 0 Å². The average molecular weight is 487 g/mol. The fourth-order valence-corrected chi connectivity index (χ4v) is 3.74. The minimum Gasteiger partial charge on any atom is -0.480 e. The Labute approximate surface area is 208 Å². The predicted molar refractivity (Wildman–Crippen MR) is 137 cm³/mol. The SMILES string of the molecule is COC(=O)c1cc(NC(=O)Nc2cccc(Cl)c2)ccc1OC(c1ccccc1)c1ccccc1. The van der Waals surface area contributed by atoms with Gasteiger partial charge in [0.25, 0.3) is 0 Å². The number of carbonyl (C=O) groups is 2. The molecule has 4 rings (SSSR count). The third-order valence-corrected chi connectivity index (χ3v) is 5.41. The smallest absolute Gasteiger partial charge is 0.341 e. The maximum Gasteiger partial charge on any atom is 0.341 e. The van der Waals surface area contributed by atoms with Crippen LogP contribution in [0.25, 0.3) is 0 Å². The zero-order valence-electron chi connectivity index (χ0n) is 18.9. The second-order valence-corrected chi connectivity index (χ2v) is 8.05. The van der Waals surface area contributed by atoms with Gasteiger partial charge in [0.1, 0.15) is 17.4 Å². The molecule has 0 heterocycles. The lowest BCUT2D eigenvalue weighted by atomic mass is 10.0. The second kappa shape index (κ2) is 11.2. The third-order valence-electron chi connectivity index (χ3n) is 5.17. The summed E-state index contributed by atoms with van der Waals surface area (Å²) >= 11 is 5.97. The van der Waals surface area contributed by atoms with E-state index in [0.717, 1.165) is 11.1 Å². The Balaban J connectivity index is 1.61. The summed E-state index contributed by atoms with van der Waals surface area (Å²) in [6.45, 7) is 0. The van der Waals surface area contributed by atoms with E-state index in [1.54, 1.807) is 36.4 Å². The van der Waals surface area contributed by atoms with Crippen molar-refractivity contribution in [1.82, 2.24) is 0 Å². The molecule has 0 aliphatic rings. The topological polar surface area (TPSA) is 76.7 Å². The van der Waals surface area contributed by atoms with E-state index in [2.05, 4.69) is 10.6 Å². The molecule has 0 radical (unpaired) electrons. The Bertz CT molecular complexity index is 1270. The van der Waals surface area contributed by atoms with E-state index in [-0.39, 0.29) is 5.56 Å². The van der Waals surface area contributed by atoms with Gasteiger partial charge in [-0.05, 0) is 47.5 Å². The number of hydrogen-bond donors (Lipinski definition) is 2. The highest BCUT2D eigenvalue weighted by Crippen LogP contribution is 2.32. The van der Waals surface area contributed by atoms with Crippen LogP contribution in [-0.2, 0) is 4.74 Å². The van der Waals surface area contributed by atoms with E-state index in [0.29, 0.717) is 22.1 Å². The summed E-state index contributed by atoms with van der Waals surface area (Å²) in [5.41, 5.74) is 2.98. The quantitative estimate of drug-likeness (QED) is 0.277. The summed E-state index contributed by atoms with van der Waals surface area (Å²) in [5.74, 6) is -0.255. The van der Waals surface area contributed by atoms with Gasteiger partial charge in [0, 0.05) is 16.4 Å². The number of benzene rings is 4. The molecule has 0 bridgehead atoms. The van der Waals surface area contributed by atoms with Crippen LogP contribution in [0.4, 0.5) is 16.2 Å². The zero-order valence-corrected chi connectivity index (χ0v) is 19.7. The number of halogens is 1. The lowest BCUT2D eigenvalue weighted by Crippen LogP contribution is -2.20. The fraction of sp³-hybridized carbons (Fsp3) is 0.0714. The molecule has 0 saturated carbocycles. The first-order valence-electron chi connectivity index (χ1n) is 10.9. The number of rotatable bonds is 7. The van der Waals surface area contributed by atoms with E-state index in [1.807, 2.05) is 60.7 Å². The monoisotopic (exact) mass is 486 g/mol. The third kappa shape index (κ3) is 6.19. The average Bonchev–Trinajstić information content (AvgIpc) is 2.88. The molecule has 0 aromatic heterocycles. The summed E-state index contributed by atoms with van der Waals surface area (Å²) in [7, 11) is 1.30. The fourth-order valence-electron chi connectivity index (χ4n) is 3.55. The van der Waals surface area contributed by atoms with Gasteiger partial charge in [-0.2, -0.15) is 0 Å². The van der Waals surface area contributed by atoms with E-state index in [1.165, 1.54) is 13.2 Å². The normalized spacial score (nSPS) is 10.5. The molecule has 4 aromatic carbocycles. The Kier molecular flexibility index (Phi) is 7.65. The molecule has 4 aromatic rings. The van der Waals surface area contributed by atoms with E-state index >= 15 is 0 Å². The second-order valence-electron chi connectivity index (χ2n) is 7.61. The van der Waals surface area contributed by atoms with Gasteiger partial charge in [0.2, 0.25) is 0 Å². The molecule has 0 unspecified atom stereocenters. The van der Waals surface area contributed by atoms with Crippen LogP contribution in [0.3, 0.4) is 0 Å². The molecule has 2 amide bonds. The number of hydrogen-bond acceptors (Lipinski definition) is 4. The van der Waals surface area contributed by atoms with Crippen LogP contribution in [-0.4, -0.2) is 19.1 Å². The maximum absolute atomic E-state index is 12.6. The summed E-state index contributed by atoms with van der Waals surface area (Å²) in [6.07, 6.45) is -0.453. The number of nitrogens with one attached hydrogen (secondary N) is 2. The van der Waals surface area contributed by atoms with Crippen LogP contribution >= 0.6 is 11.6 Å². The molecule has 0 aliphatic carbocycles. The van der Waals surface area contributed by atoms with Gasteiger partial charge < -0.3 is 20.1 Å². The number of urea groups is 1.